The van der Waals surface area contributed by atoms with E-state index in [0.717, 1.165) is 23.9 Å². The third-order valence-electron chi connectivity index (χ3n) is 3.21. The lowest BCUT2D eigenvalue weighted by Gasteiger charge is -2.07. The molecule has 0 bridgehead atoms. The van der Waals surface area contributed by atoms with Crippen molar-refractivity contribution in [1.29, 1.82) is 0 Å². The number of hydrogen-bond donors (Lipinski definition) is 1. The average molecular weight is 294 g/mol. The van der Waals surface area contributed by atoms with Gasteiger partial charge in [-0.2, -0.15) is 5.10 Å². The smallest absolute Gasteiger partial charge is 0.221 e. The average Bonchev–Trinajstić information content (AvgIpc) is 2.73. The van der Waals surface area contributed by atoms with Crippen molar-refractivity contribution in [2.24, 2.45) is 5.92 Å². The van der Waals surface area contributed by atoms with Crippen molar-refractivity contribution in [3.63, 3.8) is 0 Å². The Hall–Kier alpha value is -1.55. The highest BCUT2D eigenvalue weighted by atomic mass is 35.5. The number of aromatic nitrogens is 2. The van der Waals surface area contributed by atoms with E-state index < -0.39 is 0 Å². The molecule has 0 aliphatic carbocycles. The van der Waals surface area contributed by atoms with Gasteiger partial charge >= 0.3 is 0 Å². The molecule has 2 rings (SSSR count). The van der Waals surface area contributed by atoms with Crippen LogP contribution in [0.25, 0.3) is 10.9 Å². The minimum atomic E-state index is 0.0568. The summed E-state index contributed by atoms with van der Waals surface area (Å²) in [5.41, 5.74) is 0.965. The van der Waals surface area contributed by atoms with Crippen LogP contribution in [0.5, 0.6) is 0 Å². The van der Waals surface area contributed by atoms with Gasteiger partial charge in [0.25, 0.3) is 0 Å². The van der Waals surface area contributed by atoms with Crippen LogP contribution in [0.2, 0.25) is 5.15 Å². The third-order valence-corrected chi connectivity index (χ3v) is 3.49. The Bertz CT molecular complexity index is 592. The predicted molar refractivity (Wildman–Crippen MR) is 81.8 cm³/mol. The van der Waals surface area contributed by atoms with Crippen molar-refractivity contribution in [1.82, 2.24) is 15.1 Å². The molecule has 0 aliphatic rings. The molecule has 5 heteroatoms. The van der Waals surface area contributed by atoms with Crippen molar-refractivity contribution in [2.45, 2.75) is 33.2 Å². The zero-order chi connectivity index (χ0) is 14.5. The van der Waals surface area contributed by atoms with Crippen molar-refractivity contribution in [2.75, 3.05) is 6.54 Å². The van der Waals surface area contributed by atoms with Crippen molar-refractivity contribution in [3.8, 4) is 0 Å². The molecule has 1 aromatic heterocycles. The van der Waals surface area contributed by atoms with Crippen LogP contribution in [-0.4, -0.2) is 22.2 Å². The number of rotatable bonds is 6. The molecule has 0 spiro atoms. The van der Waals surface area contributed by atoms with Gasteiger partial charge in [-0.25, -0.2) is 0 Å². The molecule has 108 valence electrons. The van der Waals surface area contributed by atoms with E-state index in [2.05, 4.69) is 24.3 Å². The summed E-state index contributed by atoms with van der Waals surface area (Å²) >= 11 is 6.08. The van der Waals surface area contributed by atoms with E-state index in [0.29, 0.717) is 24.0 Å². The maximum absolute atomic E-state index is 11.8. The van der Waals surface area contributed by atoms with Crippen molar-refractivity contribution >= 4 is 28.4 Å². The maximum Gasteiger partial charge on any atom is 0.221 e. The van der Waals surface area contributed by atoms with E-state index in [1.54, 1.807) is 4.68 Å². The quantitative estimate of drug-likeness (QED) is 0.889. The number of nitrogens with one attached hydrogen (secondary N) is 1. The largest absolute Gasteiger partial charge is 0.356 e. The Morgan fingerprint density at radius 2 is 2.15 bits per heavy atom. The van der Waals surface area contributed by atoms with Crippen LogP contribution < -0.4 is 5.32 Å². The molecule has 0 radical (unpaired) electrons. The molecule has 0 saturated heterocycles. The number of nitrogens with zero attached hydrogens (tertiary/aromatic N) is 2. The SMILES string of the molecule is CC(C)CCNC(=O)CCn1nc(Cl)c2ccccc21. The van der Waals surface area contributed by atoms with E-state index in [1.807, 2.05) is 24.3 Å². The Balaban J connectivity index is 1.91. The highest BCUT2D eigenvalue weighted by molar-refractivity contribution is 6.34. The molecule has 1 N–H and O–H groups in total. The Morgan fingerprint density at radius 1 is 1.40 bits per heavy atom. The lowest BCUT2D eigenvalue weighted by Crippen LogP contribution is -2.26. The second kappa shape index (κ2) is 6.75. The number of fused-ring (bicyclic) bond motifs is 1. The van der Waals surface area contributed by atoms with Gasteiger partial charge in [0.2, 0.25) is 5.91 Å². The number of carbonyl (C=O) groups excluding carboxylic acids is 1. The summed E-state index contributed by atoms with van der Waals surface area (Å²) in [5.74, 6) is 0.658. The van der Waals surface area contributed by atoms with Crippen molar-refractivity contribution in [3.05, 3.63) is 29.4 Å². The van der Waals surface area contributed by atoms with Crippen LogP contribution in [-0.2, 0) is 11.3 Å². The Labute approximate surface area is 124 Å². The van der Waals surface area contributed by atoms with Crippen LogP contribution in [0.4, 0.5) is 0 Å². The van der Waals surface area contributed by atoms with Gasteiger partial charge in [-0.05, 0) is 24.5 Å². The van der Waals surface area contributed by atoms with Crippen LogP contribution in [0.15, 0.2) is 24.3 Å². The molecule has 2 aromatic rings. The Kier molecular flexibility index (Phi) is 5.01. The molecular formula is C15H20ClN3O. The molecule has 1 amide bonds. The summed E-state index contributed by atoms with van der Waals surface area (Å²) in [7, 11) is 0. The fourth-order valence-corrected chi connectivity index (χ4v) is 2.30. The maximum atomic E-state index is 11.8. The first-order chi connectivity index (χ1) is 9.58. The highest BCUT2D eigenvalue weighted by Crippen LogP contribution is 2.22. The highest BCUT2D eigenvalue weighted by Gasteiger charge is 2.09. The summed E-state index contributed by atoms with van der Waals surface area (Å²) in [6, 6.07) is 7.77. The summed E-state index contributed by atoms with van der Waals surface area (Å²) < 4.78 is 1.79. The number of amides is 1. The second-order valence-corrected chi connectivity index (χ2v) is 5.67. The summed E-state index contributed by atoms with van der Waals surface area (Å²) in [6.07, 6.45) is 1.42. The van der Waals surface area contributed by atoms with E-state index in [4.69, 9.17) is 11.6 Å². The normalized spacial score (nSPS) is 11.2. The molecule has 0 aliphatic heterocycles. The molecule has 1 aromatic carbocycles. The topological polar surface area (TPSA) is 46.9 Å². The molecule has 4 nitrogen and oxygen atoms in total. The lowest BCUT2D eigenvalue weighted by molar-refractivity contribution is -0.121. The van der Waals surface area contributed by atoms with Gasteiger partial charge in [0.1, 0.15) is 0 Å². The number of aryl methyl sites for hydroxylation is 1. The van der Waals surface area contributed by atoms with E-state index in [9.17, 15) is 4.79 Å². The first kappa shape index (κ1) is 14.9. The van der Waals surface area contributed by atoms with Gasteiger partial charge in [-0.1, -0.05) is 37.6 Å². The molecule has 0 atom stereocenters. The van der Waals surface area contributed by atoms with Crippen LogP contribution in [0.3, 0.4) is 0 Å². The predicted octanol–water partition coefficient (Wildman–Crippen LogP) is 3.24. The zero-order valence-electron chi connectivity index (χ0n) is 11.9. The summed E-state index contributed by atoms with van der Waals surface area (Å²) in [6.45, 7) is 5.56. The summed E-state index contributed by atoms with van der Waals surface area (Å²) in [4.78, 5) is 11.8. The fraction of sp³-hybridized carbons (Fsp3) is 0.467. The van der Waals surface area contributed by atoms with Gasteiger partial charge in [0.15, 0.2) is 5.15 Å². The van der Waals surface area contributed by atoms with Crippen LogP contribution in [0, 0.1) is 5.92 Å². The van der Waals surface area contributed by atoms with E-state index >= 15 is 0 Å². The molecular weight excluding hydrogens is 274 g/mol. The minimum absolute atomic E-state index is 0.0568. The third kappa shape index (κ3) is 3.73. The zero-order valence-corrected chi connectivity index (χ0v) is 12.7. The fourth-order valence-electron chi connectivity index (χ4n) is 2.05. The Morgan fingerprint density at radius 3 is 2.90 bits per heavy atom. The van der Waals surface area contributed by atoms with Crippen molar-refractivity contribution < 1.29 is 4.79 Å². The van der Waals surface area contributed by atoms with Gasteiger partial charge < -0.3 is 5.32 Å². The lowest BCUT2D eigenvalue weighted by atomic mass is 10.1. The van der Waals surface area contributed by atoms with Gasteiger partial charge in [-0.3, -0.25) is 9.48 Å². The number of carbonyl (C=O) groups is 1. The number of halogens is 1. The molecule has 0 unspecified atom stereocenters. The monoisotopic (exact) mass is 293 g/mol. The van der Waals surface area contributed by atoms with E-state index in [1.165, 1.54) is 0 Å². The molecule has 20 heavy (non-hydrogen) atoms. The molecule has 1 heterocycles. The number of hydrogen-bond acceptors (Lipinski definition) is 2. The summed E-state index contributed by atoms with van der Waals surface area (Å²) in [5, 5.41) is 8.61. The first-order valence-corrected chi connectivity index (χ1v) is 7.33. The first-order valence-electron chi connectivity index (χ1n) is 6.95. The van der Waals surface area contributed by atoms with Gasteiger partial charge in [-0.15, -0.1) is 0 Å². The van der Waals surface area contributed by atoms with Crippen LogP contribution in [0.1, 0.15) is 26.7 Å². The second-order valence-electron chi connectivity index (χ2n) is 5.31. The molecule has 0 saturated carbocycles. The van der Waals surface area contributed by atoms with Crippen LogP contribution >= 0.6 is 11.6 Å². The number of benzene rings is 1. The minimum Gasteiger partial charge on any atom is -0.356 e. The number of para-hydroxylation sites is 1. The van der Waals surface area contributed by atoms with E-state index in [-0.39, 0.29) is 5.91 Å². The van der Waals surface area contributed by atoms with Gasteiger partial charge in [0, 0.05) is 18.4 Å². The molecule has 0 fully saturated rings. The van der Waals surface area contributed by atoms with Gasteiger partial charge in [0.05, 0.1) is 12.1 Å². The standard InChI is InChI=1S/C15H20ClN3O/c1-11(2)7-9-17-14(20)8-10-19-13-6-4-3-5-12(13)15(16)18-19/h3-6,11H,7-10H2,1-2H3,(H,17,20).